The highest BCUT2D eigenvalue weighted by atomic mass is 32.2. The number of benzene rings is 3. The van der Waals surface area contributed by atoms with Crippen LogP contribution in [0.3, 0.4) is 0 Å². The number of anilines is 2. The lowest BCUT2D eigenvalue weighted by molar-refractivity contribution is -0.118. The van der Waals surface area contributed by atoms with E-state index in [4.69, 9.17) is 4.74 Å². The van der Waals surface area contributed by atoms with Crippen LogP contribution in [0.1, 0.15) is 16.7 Å². The van der Waals surface area contributed by atoms with Crippen molar-refractivity contribution in [1.82, 2.24) is 0 Å². The molecule has 0 bridgehead atoms. The summed E-state index contributed by atoms with van der Waals surface area (Å²) in [6.45, 7) is 4.23. The maximum absolute atomic E-state index is 13.1. The molecule has 1 amide bonds. The molecule has 0 spiro atoms. The van der Waals surface area contributed by atoms with E-state index in [2.05, 4.69) is 5.32 Å². The van der Waals surface area contributed by atoms with Crippen LogP contribution < -0.4 is 14.4 Å². The van der Waals surface area contributed by atoms with Crippen LogP contribution in [-0.2, 0) is 21.2 Å². The minimum atomic E-state index is -3.66. The third-order valence-corrected chi connectivity index (χ3v) is 6.96. The number of carbonyl (C=O) groups excluding carboxylic acids is 1. The third kappa shape index (κ3) is 4.56. The van der Waals surface area contributed by atoms with Gasteiger partial charge in [-0.2, -0.15) is 0 Å². The van der Waals surface area contributed by atoms with Gasteiger partial charge in [0.05, 0.1) is 10.6 Å². The Kier molecular flexibility index (Phi) is 5.69. The number of para-hydroxylation sites is 1. The van der Waals surface area contributed by atoms with E-state index < -0.39 is 10.0 Å². The molecule has 0 atom stereocenters. The number of ether oxygens (including phenoxy) is 1. The largest absolute Gasteiger partial charge is 0.484 e. The van der Waals surface area contributed by atoms with Gasteiger partial charge in [-0.1, -0.05) is 24.3 Å². The van der Waals surface area contributed by atoms with Crippen LogP contribution in [0.2, 0.25) is 0 Å². The van der Waals surface area contributed by atoms with Crippen LogP contribution in [0.25, 0.3) is 0 Å². The number of fused-ring (bicyclic) bond motifs is 1. The Morgan fingerprint density at radius 1 is 1.00 bits per heavy atom. The van der Waals surface area contributed by atoms with Crippen molar-refractivity contribution in [1.29, 1.82) is 0 Å². The standard InChI is InChI=1S/C24H24N2O4S/c1-17-13-18(2)15-21(14-17)30-16-24(27)25-20-7-9-22(10-8-20)31(28,29)26-12-11-19-5-3-4-6-23(19)26/h3-10,13-15H,11-12,16H2,1-2H3,(H,25,27). The zero-order valence-electron chi connectivity index (χ0n) is 17.5. The van der Waals surface area contributed by atoms with Crippen LogP contribution >= 0.6 is 0 Å². The van der Waals surface area contributed by atoms with Gasteiger partial charge in [0.25, 0.3) is 15.9 Å². The number of carbonyl (C=O) groups is 1. The fourth-order valence-corrected chi connectivity index (χ4v) is 5.26. The molecule has 6 nitrogen and oxygen atoms in total. The zero-order chi connectivity index (χ0) is 22.0. The van der Waals surface area contributed by atoms with Crippen molar-refractivity contribution >= 4 is 27.3 Å². The highest BCUT2D eigenvalue weighted by Crippen LogP contribution is 2.32. The van der Waals surface area contributed by atoms with E-state index in [1.165, 1.54) is 16.4 Å². The molecule has 0 aromatic heterocycles. The van der Waals surface area contributed by atoms with Crippen molar-refractivity contribution < 1.29 is 17.9 Å². The normalized spacial score (nSPS) is 13.0. The van der Waals surface area contributed by atoms with Crippen LogP contribution in [0.5, 0.6) is 5.75 Å². The van der Waals surface area contributed by atoms with Crippen LogP contribution in [0, 0.1) is 13.8 Å². The average molecular weight is 437 g/mol. The smallest absolute Gasteiger partial charge is 0.264 e. The Bertz CT molecular complexity index is 1200. The molecule has 1 aliphatic heterocycles. The van der Waals surface area contributed by atoms with E-state index in [0.717, 1.165) is 22.4 Å². The number of nitrogens with zero attached hydrogens (tertiary/aromatic N) is 1. The fraction of sp³-hybridized carbons (Fsp3) is 0.208. The van der Waals surface area contributed by atoms with Crippen molar-refractivity contribution in [2.45, 2.75) is 25.2 Å². The first-order valence-electron chi connectivity index (χ1n) is 10.0. The van der Waals surface area contributed by atoms with Crippen LogP contribution in [0.15, 0.2) is 71.6 Å². The minimum absolute atomic E-state index is 0.131. The molecule has 3 aromatic carbocycles. The van der Waals surface area contributed by atoms with Crippen LogP contribution in [0.4, 0.5) is 11.4 Å². The van der Waals surface area contributed by atoms with Gasteiger partial charge in [-0.15, -0.1) is 0 Å². The molecule has 1 N–H and O–H groups in total. The highest BCUT2D eigenvalue weighted by molar-refractivity contribution is 7.92. The molecular formula is C24H24N2O4S. The molecule has 1 heterocycles. The summed E-state index contributed by atoms with van der Waals surface area (Å²) >= 11 is 0. The second kappa shape index (κ2) is 8.43. The predicted octanol–water partition coefficient (Wildman–Crippen LogP) is 4.07. The summed E-state index contributed by atoms with van der Waals surface area (Å²) in [6.07, 6.45) is 0.698. The number of hydrogen-bond donors (Lipinski definition) is 1. The quantitative estimate of drug-likeness (QED) is 0.632. The summed E-state index contributed by atoms with van der Waals surface area (Å²) in [5.41, 5.74) is 4.39. The average Bonchev–Trinajstić information content (AvgIpc) is 3.17. The van der Waals surface area contributed by atoms with Gasteiger partial charge in [0, 0.05) is 12.2 Å². The molecule has 4 rings (SSSR count). The van der Waals surface area contributed by atoms with E-state index in [1.54, 1.807) is 12.1 Å². The van der Waals surface area contributed by atoms with Crippen molar-refractivity contribution in [3.05, 3.63) is 83.4 Å². The first kappa shape index (κ1) is 20.9. The molecule has 31 heavy (non-hydrogen) atoms. The second-order valence-electron chi connectivity index (χ2n) is 7.64. The molecule has 0 radical (unpaired) electrons. The molecule has 1 aliphatic rings. The van der Waals surface area contributed by atoms with Gasteiger partial charge in [0.2, 0.25) is 0 Å². The molecule has 0 aliphatic carbocycles. The lowest BCUT2D eigenvalue weighted by atomic mass is 10.1. The summed E-state index contributed by atoms with van der Waals surface area (Å²) < 4.78 is 33.1. The highest BCUT2D eigenvalue weighted by Gasteiger charge is 2.30. The Morgan fingerprint density at radius 2 is 1.68 bits per heavy atom. The molecule has 0 saturated heterocycles. The first-order chi connectivity index (χ1) is 14.8. The van der Waals surface area contributed by atoms with Gasteiger partial charge < -0.3 is 10.1 Å². The van der Waals surface area contributed by atoms with Gasteiger partial charge in [0.15, 0.2) is 6.61 Å². The Hall–Kier alpha value is -3.32. The lowest BCUT2D eigenvalue weighted by Gasteiger charge is -2.19. The fourth-order valence-electron chi connectivity index (χ4n) is 3.76. The molecule has 3 aromatic rings. The van der Waals surface area contributed by atoms with Crippen molar-refractivity contribution in [2.75, 3.05) is 22.8 Å². The summed E-state index contributed by atoms with van der Waals surface area (Å²) in [5, 5.41) is 2.73. The molecular weight excluding hydrogens is 412 g/mol. The topological polar surface area (TPSA) is 75.7 Å². The van der Waals surface area contributed by atoms with E-state index in [0.29, 0.717) is 24.4 Å². The summed E-state index contributed by atoms with van der Waals surface area (Å²) in [5.74, 6) is 0.322. The molecule has 0 unspecified atom stereocenters. The third-order valence-electron chi connectivity index (χ3n) is 5.14. The predicted molar refractivity (Wildman–Crippen MR) is 121 cm³/mol. The van der Waals surface area contributed by atoms with E-state index in [1.807, 2.05) is 56.3 Å². The summed E-state index contributed by atoms with van der Waals surface area (Å²) in [7, 11) is -3.66. The Morgan fingerprint density at radius 3 is 2.39 bits per heavy atom. The maximum atomic E-state index is 13.1. The van der Waals surface area contributed by atoms with Gasteiger partial charge in [-0.25, -0.2) is 8.42 Å². The number of nitrogens with one attached hydrogen (secondary N) is 1. The monoisotopic (exact) mass is 436 g/mol. The Balaban J connectivity index is 1.40. The number of rotatable bonds is 6. The van der Waals surface area contributed by atoms with Gasteiger partial charge in [-0.05, 0) is 79.4 Å². The van der Waals surface area contributed by atoms with E-state index >= 15 is 0 Å². The minimum Gasteiger partial charge on any atom is -0.484 e. The maximum Gasteiger partial charge on any atom is 0.264 e. The summed E-state index contributed by atoms with van der Waals surface area (Å²) in [4.78, 5) is 12.4. The first-order valence-corrected chi connectivity index (χ1v) is 11.5. The van der Waals surface area contributed by atoms with Crippen LogP contribution in [-0.4, -0.2) is 27.5 Å². The molecule has 7 heteroatoms. The molecule has 0 fully saturated rings. The molecule has 0 saturated carbocycles. The van der Waals surface area contributed by atoms with Gasteiger partial charge in [0.1, 0.15) is 5.75 Å². The number of amides is 1. The van der Waals surface area contributed by atoms with E-state index in [-0.39, 0.29) is 17.4 Å². The summed E-state index contributed by atoms with van der Waals surface area (Å²) in [6, 6.07) is 19.5. The van der Waals surface area contributed by atoms with E-state index in [9.17, 15) is 13.2 Å². The number of sulfonamides is 1. The van der Waals surface area contributed by atoms with Crippen molar-refractivity contribution in [2.24, 2.45) is 0 Å². The SMILES string of the molecule is Cc1cc(C)cc(OCC(=O)Nc2ccc(S(=O)(=O)N3CCc4ccccc43)cc2)c1. The van der Waals surface area contributed by atoms with Crippen molar-refractivity contribution in [3.8, 4) is 5.75 Å². The van der Waals surface area contributed by atoms with Crippen molar-refractivity contribution in [3.63, 3.8) is 0 Å². The number of aryl methyl sites for hydroxylation is 2. The lowest BCUT2D eigenvalue weighted by Crippen LogP contribution is -2.29. The van der Waals surface area contributed by atoms with Gasteiger partial charge in [-0.3, -0.25) is 9.10 Å². The molecule has 160 valence electrons. The second-order valence-corrected chi connectivity index (χ2v) is 9.50. The number of hydrogen-bond acceptors (Lipinski definition) is 4. The Labute approximate surface area is 182 Å². The zero-order valence-corrected chi connectivity index (χ0v) is 18.3. The van der Waals surface area contributed by atoms with Gasteiger partial charge >= 0.3 is 0 Å².